The largest absolute Gasteiger partial charge is 0.481 e. The molecule has 2 fully saturated rings. The van der Waals surface area contributed by atoms with Crippen molar-refractivity contribution < 1.29 is 29.4 Å². The predicted octanol–water partition coefficient (Wildman–Crippen LogP) is 7.05. The van der Waals surface area contributed by atoms with Crippen LogP contribution in [0.4, 0.5) is 5.82 Å². The topological polar surface area (TPSA) is 188 Å². The SMILES string of the molecule is Cc1cc(C)n(-c2cc(-c3ccc(CCCCCC(=O)NCCCCCC(=O)N4C[C@H](O)C[C@H]4CON)cc3)cc([C@H](CC(=O)O)CN3CC[C@@H](CCc4ccc5c(n4)NCCC5)C3)c2)n1. The molecule has 66 heavy (non-hydrogen) atoms. The van der Waals surface area contributed by atoms with Crippen molar-refractivity contribution >= 4 is 23.6 Å². The Balaban J connectivity index is 0.879. The first-order valence-corrected chi connectivity index (χ1v) is 24.5. The van der Waals surface area contributed by atoms with Crippen LogP contribution in [0.5, 0.6) is 0 Å². The van der Waals surface area contributed by atoms with Crippen LogP contribution >= 0.6 is 0 Å². The Kier molecular flexibility index (Phi) is 17.8. The number of anilines is 1. The van der Waals surface area contributed by atoms with Crippen molar-refractivity contribution in [3.05, 3.63) is 94.4 Å². The van der Waals surface area contributed by atoms with E-state index < -0.39 is 12.1 Å². The number of carboxylic acids is 1. The van der Waals surface area contributed by atoms with Crippen molar-refractivity contribution in [1.82, 2.24) is 29.9 Å². The number of β-amino-alcohol motifs (C(OH)–C–C–N with tert-alkyl or cyclic N) is 1. The Morgan fingerprint density at radius 3 is 2.55 bits per heavy atom. The van der Waals surface area contributed by atoms with Crippen LogP contribution in [-0.4, -0.2) is 111 Å². The molecule has 0 bridgehead atoms. The summed E-state index contributed by atoms with van der Waals surface area (Å²) >= 11 is 0. The van der Waals surface area contributed by atoms with Gasteiger partial charge in [-0.05, 0) is 149 Å². The van der Waals surface area contributed by atoms with Gasteiger partial charge in [-0.3, -0.25) is 14.4 Å². The number of hydrogen-bond donors (Lipinski definition) is 5. The summed E-state index contributed by atoms with van der Waals surface area (Å²) < 4.78 is 1.97. The monoisotopic (exact) mass is 905 g/mol. The number of aromatic nitrogens is 3. The van der Waals surface area contributed by atoms with Gasteiger partial charge in [0.1, 0.15) is 5.82 Å². The first-order chi connectivity index (χ1) is 32.0. The van der Waals surface area contributed by atoms with Crippen LogP contribution in [0.3, 0.4) is 0 Å². The van der Waals surface area contributed by atoms with E-state index in [1.54, 1.807) is 4.90 Å². The number of benzene rings is 2. The molecule has 0 radical (unpaired) electrons. The summed E-state index contributed by atoms with van der Waals surface area (Å²) in [5.74, 6) is 5.90. The first-order valence-electron chi connectivity index (χ1n) is 24.5. The predicted molar refractivity (Wildman–Crippen MR) is 257 cm³/mol. The fourth-order valence-corrected chi connectivity index (χ4v) is 10.2. The second-order valence-corrected chi connectivity index (χ2v) is 19.1. The van der Waals surface area contributed by atoms with Crippen LogP contribution in [0.1, 0.15) is 123 Å². The summed E-state index contributed by atoms with van der Waals surface area (Å²) in [6, 6.07) is 21.5. The van der Waals surface area contributed by atoms with Gasteiger partial charge in [-0.25, -0.2) is 15.6 Å². The minimum atomic E-state index is -0.794. The maximum atomic E-state index is 12.6. The number of likely N-dealkylation sites (tertiary alicyclic amines) is 2. The highest BCUT2D eigenvalue weighted by atomic mass is 16.6. The normalized spacial score (nSPS) is 18.8. The number of carboxylic acid groups (broad SMARTS) is 1. The maximum Gasteiger partial charge on any atom is 0.304 e. The van der Waals surface area contributed by atoms with Crippen LogP contribution in [0, 0.1) is 19.8 Å². The third kappa shape index (κ3) is 13.9. The maximum absolute atomic E-state index is 12.6. The highest BCUT2D eigenvalue weighted by molar-refractivity contribution is 5.77. The van der Waals surface area contributed by atoms with Gasteiger partial charge in [0, 0.05) is 62.9 Å². The molecule has 14 nitrogen and oxygen atoms in total. The molecule has 7 rings (SSSR count). The van der Waals surface area contributed by atoms with Crippen molar-refractivity contribution in [3.8, 4) is 16.8 Å². The molecule has 4 aromatic rings. The number of aliphatic carboxylic acids is 1. The standard InChI is InChI=1S/C52H72N8O6/c1-36-26-37(2)60(57-36)46-28-42(27-43(29-46)44(30-51(64)65)33-58-25-22-39(32-58)16-20-45-21-19-41-11-9-24-55-52(41)56-45)40-17-14-38(15-18-40)10-5-3-6-12-49(62)54-23-8-4-7-13-50(63)59-34-48(61)31-47(59)35-66-53/h14-15,17-19,21,26-29,39,44,47-48,61H,3-13,16,20,22-25,30-35,53H2,1-2H3,(H,54,62)(H,55,56)(H,64,65)/t39-,44-,47+,48-/m1/s1. The van der Waals surface area contributed by atoms with Gasteiger partial charge in [-0.1, -0.05) is 49.2 Å². The molecule has 2 aromatic heterocycles. The van der Waals surface area contributed by atoms with E-state index in [4.69, 9.17) is 20.8 Å². The zero-order chi connectivity index (χ0) is 46.4. The molecule has 0 unspecified atom stereocenters. The van der Waals surface area contributed by atoms with Crippen LogP contribution in [0.25, 0.3) is 16.8 Å². The molecule has 6 N–H and O–H groups in total. The van der Waals surface area contributed by atoms with E-state index in [2.05, 4.69) is 83.1 Å². The Bertz CT molecular complexity index is 2230. The summed E-state index contributed by atoms with van der Waals surface area (Å²) in [5.41, 5.74) is 9.73. The molecule has 0 aliphatic carbocycles. The van der Waals surface area contributed by atoms with E-state index in [0.717, 1.165) is 142 Å². The Morgan fingerprint density at radius 1 is 0.939 bits per heavy atom. The number of fused-ring (bicyclic) bond motifs is 1. The number of nitrogens with two attached hydrogens (primary N) is 1. The molecule has 4 atom stereocenters. The van der Waals surface area contributed by atoms with Crippen LogP contribution in [0.15, 0.2) is 60.7 Å². The van der Waals surface area contributed by atoms with E-state index in [0.29, 0.717) is 44.8 Å². The van der Waals surface area contributed by atoms with Crippen molar-refractivity contribution in [1.29, 1.82) is 0 Å². The van der Waals surface area contributed by atoms with Gasteiger partial charge >= 0.3 is 5.97 Å². The second kappa shape index (κ2) is 24.0. The first kappa shape index (κ1) is 48.8. The number of aryl methyl sites for hydroxylation is 5. The average Bonchev–Trinajstić information content (AvgIpc) is 4.03. The molecular weight excluding hydrogens is 833 g/mol. The van der Waals surface area contributed by atoms with E-state index in [1.165, 1.54) is 11.1 Å². The Hall–Kier alpha value is -5.15. The van der Waals surface area contributed by atoms with Gasteiger partial charge < -0.3 is 35.5 Å². The summed E-state index contributed by atoms with van der Waals surface area (Å²) in [5, 5.41) is 31.4. The minimum absolute atomic E-state index is 0.0117. The lowest BCUT2D eigenvalue weighted by Gasteiger charge is -2.24. The summed E-state index contributed by atoms with van der Waals surface area (Å²) in [7, 11) is 0. The van der Waals surface area contributed by atoms with Gasteiger partial charge in [-0.15, -0.1) is 0 Å². The number of unbranched alkanes of at least 4 members (excludes halogenated alkanes) is 4. The quantitative estimate of drug-likeness (QED) is 0.0358. The van der Waals surface area contributed by atoms with Crippen molar-refractivity contribution in [3.63, 3.8) is 0 Å². The molecule has 3 aliphatic heterocycles. The lowest BCUT2D eigenvalue weighted by molar-refractivity contribution is -0.137. The Morgan fingerprint density at radius 2 is 1.76 bits per heavy atom. The molecule has 3 aliphatic rings. The molecule has 2 amide bonds. The van der Waals surface area contributed by atoms with Gasteiger partial charge in [0.25, 0.3) is 0 Å². The number of nitrogens with one attached hydrogen (secondary N) is 2. The molecule has 0 spiro atoms. The zero-order valence-electron chi connectivity index (χ0n) is 39.2. The van der Waals surface area contributed by atoms with Gasteiger partial charge in [-0.2, -0.15) is 5.10 Å². The number of pyridine rings is 1. The highest BCUT2D eigenvalue weighted by Crippen LogP contribution is 2.33. The Labute approximate surface area is 390 Å². The molecule has 14 heteroatoms. The average molecular weight is 905 g/mol. The number of aliphatic hydroxyl groups excluding tert-OH is 1. The molecule has 2 saturated heterocycles. The third-order valence-corrected chi connectivity index (χ3v) is 13.7. The van der Waals surface area contributed by atoms with E-state index in [-0.39, 0.29) is 36.8 Å². The third-order valence-electron chi connectivity index (χ3n) is 13.7. The fraction of sp³-hybridized carbons (Fsp3) is 0.558. The van der Waals surface area contributed by atoms with Crippen molar-refractivity contribution in [2.75, 3.05) is 51.2 Å². The van der Waals surface area contributed by atoms with E-state index in [9.17, 15) is 24.6 Å². The zero-order valence-corrected chi connectivity index (χ0v) is 39.2. The minimum Gasteiger partial charge on any atom is -0.481 e. The highest BCUT2D eigenvalue weighted by Gasteiger charge is 2.34. The molecule has 356 valence electrons. The summed E-state index contributed by atoms with van der Waals surface area (Å²) in [6.07, 6.45) is 12.4. The number of rotatable bonds is 24. The number of hydrogen-bond acceptors (Lipinski definition) is 10. The van der Waals surface area contributed by atoms with Crippen LogP contribution < -0.4 is 16.5 Å². The van der Waals surface area contributed by atoms with Crippen LogP contribution in [0.2, 0.25) is 0 Å². The molecule has 0 saturated carbocycles. The lowest BCUT2D eigenvalue weighted by Crippen LogP contribution is -2.39. The van der Waals surface area contributed by atoms with Crippen molar-refractivity contribution in [2.45, 2.75) is 135 Å². The number of amides is 2. The summed E-state index contributed by atoms with van der Waals surface area (Å²) in [6.45, 7) is 8.80. The lowest BCUT2D eigenvalue weighted by atomic mass is 9.91. The number of aliphatic hydroxyl groups is 1. The molecule has 2 aromatic carbocycles. The van der Waals surface area contributed by atoms with Crippen molar-refractivity contribution in [2.24, 2.45) is 11.8 Å². The fourth-order valence-electron chi connectivity index (χ4n) is 10.2. The molecule has 5 heterocycles. The van der Waals surface area contributed by atoms with E-state index in [1.807, 2.05) is 11.6 Å². The summed E-state index contributed by atoms with van der Waals surface area (Å²) in [4.78, 5) is 51.3. The van der Waals surface area contributed by atoms with Gasteiger partial charge in [0.05, 0.1) is 36.6 Å². The van der Waals surface area contributed by atoms with Crippen LogP contribution in [-0.2, 0) is 38.5 Å². The molecular formula is C52H72N8O6. The van der Waals surface area contributed by atoms with E-state index >= 15 is 0 Å². The van der Waals surface area contributed by atoms with Gasteiger partial charge in [0.15, 0.2) is 0 Å². The number of carbonyl (C=O) groups excluding carboxylic acids is 2. The van der Waals surface area contributed by atoms with Gasteiger partial charge in [0.2, 0.25) is 11.8 Å². The number of nitrogens with zero attached hydrogens (tertiary/aromatic N) is 5. The number of carbonyl (C=O) groups is 3. The second-order valence-electron chi connectivity index (χ2n) is 19.1. The smallest absolute Gasteiger partial charge is 0.304 e.